The number of fused-ring (bicyclic) bond motifs is 5. The normalized spacial score (nSPS) is 11.4. The minimum Gasteiger partial charge on any atom is -0.508 e. The third kappa shape index (κ3) is 9.89. The van der Waals surface area contributed by atoms with Gasteiger partial charge in [0.15, 0.2) is 6.29 Å². The zero-order chi connectivity index (χ0) is 50.6. The topological polar surface area (TPSA) is 111 Å². The zero-order valence-corrected chi connectivity index (χ0v) is 43.5. The van der Waals surface area contributed by atoms with E-state index in [4.69, 9.17) is 0 Å². The number of aryl methyl sites for hydroxylation is 7. The molecule has 0 unspecified atom stereocenters. The van der Waals surface area contributed by atoms with Crippen molar-refractivity contribution in [3.63, 3.8) is 0 Å². The first-order valence-corrected chi connectivity index (χ1v) is 23.9. The molecule has 5 aromatic carbocycles. The van der Waals surface area contributed by atoms with Gasteiger partial charge in [-0.15, -0.1) is 13.2 Å². The summed E-state index contributed by atoms with van der Waals surface area (Å²) in [7, 11) is 4.13. The first-order valence-electron chi connectivity index (χ1n) is 23.9. The number of nitrogens with zero attached hydrogens (tertiary/aromatic N) is 2. The highest BCUT2D eigenvalue weighted by molar-refractivity contribution is 6.01. The number of carbonyl (C=O) groups is 1. The van der Waals surface area contributed by atoms with Crippen LogP contribution in [0.5, 0.6) is 11.5 Å². The van der Waals surface area contributed by atoms with Gasteiger partial charge in [-0.3, -0.25) is 4.79 Å². The largest absolute Gasteiger partial charge is 0.508 e. The number of phenols is 2. The molecule has 360 valence electrons. The Bertz CT molecular complexity index is 3380. The van der Waals surface area contributed by atoms with Gasteiger partial charge in [0.2, 0.25) is 0 Å². The van der Waals surface area contributed by atoms with Gasteiger partial charge in [-0.2, -0.15) is 0 Å². The lowest BCUT2D eigenvalue weighted by Crippen LogP contribution is -1.98. The van der Waals surface area contributed by atoms with Crippen LogP contribution in [-0.4, -0.2) is 42.1 Å². The second-order valence-corrected chi connectivity index (χ2v) is 18.8. The van der Waals surface area contributed by atoms with Gasteiger partial charge < -0.3 is 34.6 Å². The van der Waals surface area contributed by atoms with Crippen molar-refractivity contribution in [2.24, 2.45) is 14.1 Å². The van der Waals surface area contributed by atoms with Crippen LogP contribution in [0, 0.1) is 83.1 Å². The maximum absolute atomic E-state index is 11.1. The number of aromatic amines is 2. The fourth-order valence-corrected chi connectivity index (χ4v) is 9.87. The molecule has 4 aromatic heterocycles. The Kier molecular flexibility index (Phi) is 15.9. The quantitative estimate of drug-likeness (QED) is 0.0874. The fourth-order valence-electron chi connectivity index (χ4n) is 9.87. The van der Waals surface area contributed by atoms with Crippen molar-refractivity contribution in [3.8, 4) is 11.5 Å². The summed E-state index contributed by atoms with van der Waals surface area (Å²) in [5.41, 5.74) is 25.6. The summed E-state index contributed by atoms with van der Waals surface area (Å²) >= 11 is 0. The molecule has 5 N–H and O–H groups in total. The molecule has 0 radical (unpaired) electrons. The summed E-state index contributed by atoms with van der Waals surface area (Å²) in [6, 6.07) is 14.4. The van der Waals surface area contributed by atoms with Gasteiger partial charge >= 0.3 is 0 Å². The Morgan fingerprint density at radius 2 is 1.14 bits per heavy atom. The highest BCUT2D eigenvalue weighted by Gasteiger charge is 2.16. The van der Waals surface area contributed by atoms with Crippen molar-refractivity contribution in [1.29, 1.82) is 0 Å². The minimum atomic E-state index is 0.375. The SMILES string of the molecule is C=CCc1c(C)c(C)c(C)c2c1ccn2C.C=CCc1c(O)c(C)c(C)c2[nH]ccc12.Cc1c(C)c(C)c2c(ccn2C)c1C=O.Cc1c(O)cc2cc[nH]c2c1C.Cc1ccc2c(c1C)NCC2. The van der Waals surface area contributed by atoms with Gasteiger partial charge in [0.1, 0.15) is 11.5 Å². The second-order valence-electron chi connectivity index (χ2n) is 18.8. The molecule has 0 atom stereocenters. The molecule has 8 heteroatoms. The molecule has 0 spiro atoms. The number of hydrogen-bond donors (Lipinski definition) is 5. The fraction of sp³-hybridized carbons (Fsp3) is 0.295. The Hall–Kier alpha value is -7.19. The number of aromatic nitrogens is 4. The van der Waals surface area contributed by atoms with Crippen LogP contribution >= 0.6 is 0 Å². The second kappa shape index (κ2) is 21.4. The van der Waals surface area contributed by atoms with Crippen LogP contribution in [0.25, 0.3) is 43.6 Å². The summed E-state index contributed by atoms with van der Waals surface area (Å²) < 4.78 is 4.29. The van der Waals surface area contributed by atoms with Gasteiger partial charge in [-0.25, -0.2) is 0 Å². The molecule has 1 aliphatic rings. The third-order valence-electron chi connectivity index (χ3n) is 15.0. The summed E-state index contributed by atoms with van der Waals surface area (Å²) in [6.07, 6.45) is 15.5. The lowest BCUT2D eigenvalue weighted by Gasteiger charge is -2.14. The predicted molar refractivity (Wildman–Crippen MR) is 294 cm³/mol. The van der Waals surface area contributed by atoms with Gasteiger partial charge in [-0.1, -0.05) is 24.3 Å². The van der Waals surface area contributed by atoms with E-state index in [1.165, 1.54) is 78.6 Å². The van der Waals surface area contributed by atoms with E-state index in [1.54, 1.807) is 6.07 Å². The number of allylic oxidation sites excluding steroid dienone is 2. The van der Waals surface area contributed by atoms with Crippen LogP contribution in [0.1, 0.15) is 93.8 Å². The van der Waals surface area contributed by atoms with E-state index in [0.717, 1.165) is 85.4 Å². The molecule has 1 aliphatic heterocycles. The summed E-state index contributed by atoms with van der Waals surface area (Å²) in [6.45, 7) is 33.8. The highest BCUT2D eigenvalue weighted by Crippen LogP contribution is 2.35. The number of carbonyl (C=O) groups excluding carboxylic acids is 1. The van der Waals surface area contributed by atoms with E-state index in [9.17, 15) is 15.0 Å². The Balaban J connectivity index is 0.000000143. The van der Waals surface area contributed by atoms with E-state index in [-0.39, 0.29) is 0 Å². The number of H-pyrrole nitrogens is 2. The number of benzene rings is 5. The number of aromatic hydroxyl groups is 2. The molecule has 0 bridgehead atoms. The van der Waals surface area contributed by atoms with E-state index < -0.39 is 0 Å². The molecule has 10 rings (SSSR count). The maximum atomic E-state index is 11.1. The number of hydrogen-bond acceptors (Lipinski definition) is 4. The van der Waals surface area contributed by atoms with Crippen LogP contribution in [0.4, 0.5) is 5.69 Å². The number of rotatable bonds is 5. The molecule has 0 amide bonds. The molecule has 5 heterocycles. The number of nitrogens with one attached hydrogen (secondary N) is 3. The lowest BCUT2D eigenvalue weighted by atomic mass is 9.93. The first kappa shape index (κ1) is 51.2. The van der Waals surface area contributed by atoms with E-state index >= 15 is 0 Å². The third-order valence-corrected chi connectivity index (χ3v) is 15.0. The summed E-state index contributed by atoms with van der Waals surface area (Å²) in [5, 5.41) is 27.6. The van der Waals surface area contributed by atoms with Gasteiger partial charge in [0.05, 0.1) is 11.0 Å². The lowest BCUT2D eigenvalue weighted by molar-refractivity contribution is 0.112. The monoisotopic (exact) mass is 924 g/mol. The van der Waals surface area contributed by atoms with Crippen LogP contribution in [-0.2, 0) is 33.4 Å². The predicted octanol–water partition coefficient (Wildman–Crippen LogP) is 14.7. The van der Waals surface area contributed by atoms with Crippen molar-refractivity contribution in [1.82, 2.24) is 19.1 Å². The zero-order valence-electron chi connectivity index (χ0n) is 43.5. The number of aldehydes is 1. The highest BCUT2D eigenvalue weighted by atomic mass is 16.3. The molecular weight excluding hydrogens is 851 g/mol. The van der Waals surface area contributed by atoms with E-state index in [2.05, 4.69) is 117 Å². The molecule has 0 fully saturated rings. The van der Waals surface area contributed by atoms with Gasteiger partial charge in [0, 0.05) is 94.8 Å². The van der Waals surface area contributed by atoms with Crippen molar-refractivity contribution in [2.75, 3.05) is 11.9 Å². The maximum Gasteiger partial charge on any atom is 0.151 e. The average molecular weight is 924 g/mol. The van der Waals surface area contributed by atoms with E-state index in [1.807, 2.05) is 90.6 Å². The molecule has 0 saturated carbocycles. The van der Waals surface area contributed by atoms with Crippen molar-refractivity contribution >= 4 is 55.6 Å². The van der Waals surface area contributed by atoms with E-state index in [0.29, 0.717) is 17.9 Å². The minimum absolute atomic E-state index is 0.375. The molecule has 0 aliphatic carbocycles. The van der Waals surface area contributed by atoms with Crippen molar-refractivity contribution in [3.05, 3.63) is 182 Å². The van der Waals surface area contributed by atoms with Crippen molar-refractivity contribution in [2.45, 2.75) is 102 Å². The van der Waals surface area contributed by atoms with Crippen LogP contribution < -0.4 is 5.32 Å². The number of anilines is 1. The van der Waals surface area contributed by atoms with Crippen LogP contribution in [0.2, 0.25) is 0 Å². The number of phenolic OH excluding ortho intramolecular Hbond substituents is 2. The molecule has 8 nitrogen and oxygen atoms in total. The Labute approximate surface area is 409 Å². The first-order chi connectivity index (χ1) is 32.8. The summed E-state index contributed by atoms with van der Waals surface area (Å²) in [4.78, 5) is 17.5. The standard InChI is InChI=1S/C15H19N.2C13H15NO.C10H11NO.C10H13N/c1-6-7-13-11(3)10(2)12(4)15-14(13)8-9-16(15)5;1-8-9(2)12(7-15)11-5-6-14(4)13(11)10(8)3;1-4-5-11-10-6-7-14-12(10)8(2)9(3)13(11)15;1-6-7(2)10-8(3-4-11-10)5-9(6)12;1-7-3-4-9-5-6-11-10(9)8(7)2/h6,8-9H,1,7H2,2-5H3;5-7H,1-4H3;4,6-7,14-15H,1,5H2,2-3H3;3-5,11-12H,1-2H3;3-4,11H,5-6H2,1-2H3. The van der Waals surface area contributed by atoms with Crippen molar-refractivity contribution < 1.29 is 15.0 Å². The Morgan fingerprint density at radius 3 is 1.78 bits per heavy atom. The summed E-state index contributed by atoms with van der Waals surface area (Å²) in [5.74, 6) is 0.777. The van der Waals surface area contributed by atoms with Crippen LogP contribution in [0.3, 0.4) is 0 Å². The molecule has 9 aromatic rings. The smallest absolute Gasteiger partial charge is 0.151 e. The van der Waals surface area contributed by atoms with Crippen LogP contribution in [0.15, 0.2) is 92.6 Å². The van der Waals surface area contributed by atoms with Gasteiger partial charge in [0.25, 0.3) is 0 Å². The molecular formula is C61H73N5O3. The molecule has 0 saturated heterocycles. The molecule has 69 heavy (non-hydrogen) atoms. The Morgan fingerprint density at radius 1 is 0.580 bits per heavy atom. The average Bonchev–Trinajstić information content (AvgIpc) is 4.21. The van der Waals surface area contributed by atoms with Gasteiger partial charge in [-0.05, 0) is 211 Å².